The molecule has 3 atom stereocenters. The Hall–Kier alpha value is -0.220. The van der Waals surface area contributed by atoms with Crippen LogP contribution >= 0.6 is 11.8 Å². The SMILES string of the molecule is CC(C)C1CCCC2(C1)NC(C(=O)O)CCS2. The fraction of sp³-hybridized carbons (Fsp3) is 0.923. The van der Waals surface area contributed by atoms with Crippen LogP contribution in [0.25, 0.3) is 0 Å². The number of rotatable bonds is 2. The normalized spacial score (nSPS) is 38.5. The third-order valence-electron chi connectivity index (χ3n) is 4.21. The van der Waals surface area contributed by atoms with Crippen molar-refractivity contribution >= 4 is 17.7 Å². The average molecular weight is 257 g/mol. The van der Waals surface area contributed by atoms with Gasteiger partial charge in [-0.05, 0) is 36.9 Å². The van der Waals surface area contributed by atoms with Crippen molar-refractivity contribution in [2.75, 3.05) is 5.75 Å². The molecule has 0 radical (unpaired) electrons. The predicted octanol–water partition coefficient (Wildman–Crippen LogP) is 2.71. The Balaban J connectivity index is 2.04. The van der Waals surface area contributed by atoms with Crippen LogP contribution in [0.15, 0.2) is 0 Å². The van der Waals surface area contributed by atoms with Gasteiger partial charge in [0.25, 0.3) is 0 Å². The molecule has 2 N–H and O–H groups in total. The van der Waals surface area contributed by atoms with Gasteiger partial charge in [-0.1, -0.05) is 26.7 Å². The second-order valence-corrected chi connectivity index (χ2v) is 7.25. The van der Waals surface area contributed by atoms with Crippen molar-refractivity contribution in [1.29, 1.82) is 0 Å². The van der Waals surface area contributed by atoms with Crippen LogP contribution in [0.2, 0.25) is 0 Å². The third kappa shape index (κ3) is 2.97. The van der Waals surface area contributed by atoms with Crippen LogP contribution in [0, 0.1) is 11.8 Å². The Morgan fingerprint density at radius 1 is 1.47 bits per heavy atom. The van der Waals surface area contributed by atoms with Gasteiger partial charge < -0.3 is 5.11 Å². The van der Waals surface area contributed by atoms with Crippen LogP contribution in [0.5, 0.6) is 0 Å². The second-order valence-electron chi connectivity index (χ2n) is 5.77. The minimum absolute atomic E-state index is 0.0501. The molecule has 1 aliphatic heterocycles. The maximum Gasteiger partial charge on any atom is 0.320 e. The first-order chi connectivity index (χ1) is 8.02. The number of carboxylic acid groups (broad SMARTS) is 1. The summed E-state index contributed by atoms with van der Waals surface area (Å²) in [4.78, 5) is 11.2. The van der Waals surface area contributed by atoms with Gasteiger partial charge in [0.1, 0.15) is 6.04 Å². The number of carbonyl (C=O) groups is 1. The molecule has 98 valence electrons. The molecule has 1 aliphatic carbocycles. The van der Waals surface area contributed by atoms with E-state index in [1.54, 1.807) is 0 Å². The lowest BCUT2D eigenvalue weighted by Gasteiger charge is -2.46. The lowest BCUT2D eigenvalue weighted by molar-refractivity contribution is -0.140. The smallest absolute Gasteiger partial charge is 0.320 e. The summed E-state index contributed by atoms with van der Waals surface area (Å²) in [5.74, 6) is 1.75. The molecule has 0 bridgehead atoms. The van der Waals surface area contributed by atoms with Crippen molar-refractivity contribution < 1.29 is 9.90 Å². The van der Waals surface area contributed by atoms with E-state index < -0.39 is 5.97 Å². The Bertz CT molecular complexity index is 291. The highest BCUT2D eigenvalue weighted by atomic mass is 32.2. The number of hydrogen-bond donors (Lipinski definition) is 2. The van der Waals surface area contributed by atoms with Gasteiger partial charge in [-0.3, -0.25) is 10.1 Å². The Morgan fingerprint density at radius 3 is 2.88 bits per heavy atom. The predicted molar refractivity (Wildman–Crippen MR) is 71.2 cm³/mol. The molecule has 1 spiro atoms. The third-order valence-corrected chi connectivity index (χ3v) is 5.69. The zero-order valence-electron chi connectivity index (χ0n) is 10.7. The lowest BCUT2D eigenvalue weighted by Crippen LogP contribution is -2.56. The highest BCUT2D eigenvalue weighted by molar-refractivity contribution is 8.00. The van der Waals surface area contributed by atoms with Gasteiger partial charge in [0.05, 0.1) is 4.87 Å². The quantitative estimate of drug-likeness (QED) is 0.798. The first kappa shape index (κ1) is 13.2. The summed E-state index contributed by atoms with van der Waals surface area (Å²) in [5, 5.41) is 12.6. The summed E-state index contributed by atoms with van der Waals surface area (Å²) in [7, 11) is 0. The number of thioether (sulfide) groups is 1. The molecule has 1 saturated heterocycles. The first-order valence-electron chi connectivity index (χ1n) is 6.67. The molecular formula is C13H23NO2S. The molecule has 1 saturated carbocycles. The molecule has 4 heteroatoms. The molecule has 0 aromatic carbocycles. The van der Waals surface area contributed by atoms with Crippen molar-refractivity contribution in [3.8, 4) is 0 Å². The number of aliphatic carboxylic acids is 1. The summed E-state index contributed by atoms with van der Waals surface area (Å²) in [6, 6.07) is -0.331. The summed E-state index contributed by atoms with van der Waals surface area (Å²) >= 11 is 1.95. The van der Waals surface area contributed by atoms with E-state index in [1.807, 2.05) is 11.8 Å². The van der Waals surface area contributed by atoms with Crippen LogP contribution < -0.4 is 5.32 Å². The Kier molecular flexibility index (Phi) is 4.03. The fourth-order valence-corrected chi connectivity index (χ4v) is 4.69. The van der Waals surface area contributed by atoms with Crippen LogP contribution in [-0.2, 0) is 4.79 Å². The average Bonchev–Trinajstić information content (AvgIpc) is 2.29. The number of hydrogen-bond acceptors (Lipinski definition) is 3. The van der Waals surface area contributed by atoms with Crippen LogP contribution in [0.4, 0.5) is 0 Å². The topological polar surface area (TPSA) is 49.3 Å². The molecule has 2 fully saturated rings. The highest BCUT2D eigenvalue weighted by Crippen LogP contribution is 2.45. The highest BCUT2D eigenvalue weighted by Gasteiger charge is 2.42. The van der Waals surface area contributed by atoms with E-state index in [0.717, 1.165) is 30.9 Å². The monoisotopic (exact) mass is 257 g/mol. The minimum Gasteiger partial charge on any atom is -0.480 e. The molecule has 0 aromatic heterocycles. The molecule has 0 amide bonds. The van der Waals surface area contributed by atoms with Gasteiger partial charge in [0.15, 0.2) is 0 Å². The van der Waals surface area contributed by atoms with Gasteiger partial charge in [-0.25, -0.2) is 0 Å². The summed E-state index contributed by atoms with van der Waals surface area (Å²) < 4.78 is 0. The van der Waals surface area contributed by atoms with Crippen molar-refractivity contribution in [1.82, 2.24) is 5.32 Å². The summed E-state index contributed by atoms with van der Waals surface area (Å²) in [6.45, 7) is 4.57. The van der Waals surface area contributed by atoms with Gasteiger partial charge in [-0.15, -0.1) is 11.8 Å². The molecule has 2 rings (SSSR count). The lowest BCUT2D eigenvalue weighted by atomic mass is 9.78. The van der Waals surface area contributed by atoms with E-state index >= 15 is 0 Å². The zero-order valence-corrected chi connectivity index (χ0v) is 11.6. The van der Waals surface area contributed by atoms with E-state index in [2.05, 4.69) is 19.2 Å². The summed E-state index contributed by atoms with van der Waals surface area (Å²) in [6.07, 6.45) is 5.56. The van der Waals surface area contributed by atoms with E-state index in [0.29, 0.717) is 5.92 Å². The molecule has 17 heavy (non-hydrogen) atoms. The second kappa shape index (κ2) is 5.19. The fourth-order valence-electron chi connectivity index (χ4n) is 3.10. The standard InChI is InChI=1S/C13H23NO2S/c1-9(2)10-4-3-6-13(8-10)14-11(12(15)16)5-7-17-13/h9-11,14H,3-8H2,1-2H3,(H,15,16). The minimum atomic E-state index is -0.684. The van der Waals surface area contributed by atoms with Gasteiger partial charge in [-0.2, -0.15) is 0 Å². The molecule has 1 heterocycles. The van der Waals surface area contributed by atoms with Gasteiger partial charge in [0, 0.05) is 0 Å². The Labute approximate surface area is 108 Å². The summed E-state index contributed by atoms with van der Waals surface area (Å²) in [5.41, 5.74) is 0. The number of carboxylic acids is 1. The zero-order chi connectivity index (χ0) is 12.5. The Morgan fingerprint density at radius 2 is 2.24 bits per heavy atom. The van der Waals surface area contributed by atoms with Crippen LogP contribution in [-0.4, -0.2) is 27.7 Å². The molecule has 3 unspecified atom stereocenters. The van der Waals surface area contributed by atoms with Gasteiger partial charge in [0.2, 0.25) is 0 Å². The van der Waals surface area contributed by atoms with E-state index in [9.17, 15) is 4.79 Å². The van der Waals surface area contributed by atoms with E-state index in [4.69, 9.17) is 5.11 Å². The molecular weight excluding hydrogens is 234 g/mol. The van der Waals surface area contributed by atoms with Crippen LogP contribution in [0.1, 0.15) is 46.0 Å². The largest absolute Gasteiger partial charge is 0.480 e. The van der Waals surface area contributed by atoms with Crippen molar-refractivity contribution in [2.24, 2.45) is 11.8 Å². The number of nitrogens with one attached hydrogen (secondary N) is 1. The molecule has 0 aromatic rings. The first-order valence-corrected chi connectivity index (χ1v) is 7.65. The molecule has 3 nitrogen and oxygen atoms in total. The van der Waals surface area contributed by atoms with Crippen molar-refractivity contribution in [3.63, 3.8) is 0 Å². The van der Waals surface area contributed by atoms with Crippen LogP contribution in [0.3, 0.4) is 0 Å². The van der Waals surface area contributed by atoms with Gasteiger partial charge >= 0.3 is 5.97 Å². The molecule has 2 aliphatic rings. The van der Waals surface area contributed by atoms with Crippen molar-refractivity contribution in [2.45, 2.75) is 56.9 Å². The maximum atomic E-state index is 11.1. The van der Waals surface area contributed by atoms with Crippen molar-refractivity contribution in [3.05, 3.63) is 0 Å². The van der Waals surface area contributed by atoms with E-state index in [-0.39, 0.29) is 10.9 Å². The maximum absolute atomic E-state index is 11.1. The van der Waals surface area contributed by atoms with E-state index in [1.165, 1.54) is 12.8 Å².